The number of hydrogen-bond donors (Lipinski definition) is 3. The monoisotopic (exact) mass is 215 g/mol. The molecule has 0 spiro atoms. The molecule has 0 saturated heterocycles. The highest BCUT2D eigenvalue weighted by Crippen LogP contribution is 1.99. The van der Waals surface area contributed by atoms with Gasteiger partial charge in [0.1, 0.15) is 0 Å². The molecule has 0 heterocycles. The van der Waals surface area contributed by atoms with E-state index in [9.17, 15) is 9.90 Å². The topological polar surface area (TPSA) is 69.6 Å². The fraction of sp³-hybridized carbons (Fsp3) is 0.727. The van der Waals surface area contributed by atoms with E-state index in [1.54, 1.807) is 6.08 Å². The van der Waals surface area contributed by atoms with E-state index in [1.807, 2.05) is 13.8 Å². The third kappa shape index (κ3) is 7.11. The van der Waals surface area contributed by atoms with Crippen LogP contribution in [0.2, 0.25) is 0 Å². The Hall–Kier alpha value is -0.870. The Labute approximate surface area is 91.0 Å². The highest BCUT2D eigenvalue weighted by atomic mass is 16.4. The van der Waals surface area contributed by atoms with Crippen LogP contribution in [0.5, 0.6) is 0 Å². The van der Waals surface area contributed by atoms with E-state index in [0.717, 1.165) is 12.8 Å². The van der Waals surface area contributed by atoms with Gasteiger partial charge in [0.2, 0.25) is 0 Å². The Morgan fingerprint density at radius 2 is 2.13 bits per heavy atom. The summed E-state index contributed by atoms with van der Waals surface area (Å²) in [4.78, 5) is 10.6. The van der Waals surface area contributed by atoms with Gasteiger partial charge >= 0.3 is 5.97 Å². The van der Waals surface area contributed by atoms with Crippen molar-refractivity contribution in [2.24, 2.45) is 0 Å². The van der Waals surface area contributed by atoms with Crippen molar-refractivity contribution in [3.63, 3.8) is 0 Å². The van der Waals surface area contributed by atoms with Crippen LogP contribution in [-0.2, 0) is 4.79 Å². The van der Waals surface area contributed by atoms with Gasteiger partial charge in [-0.2, -0.15) is 0 Å². The van der Waals surface area contributed by atoms with Crippen molar-refractivity contribution in [1.82, 2.24) is 5.32 Å². The third-order valence-electron chi connectivity index (χ3n) is 2.15. The van der Waals surface area contributed by atoms with E-state index in [0.29, 0.717) is 25.1 Å². The molecule has 4 heteroatoms. The van der Waals surface area contributed by atoms with Crippen LogP contribution in [0, 0.1) is 0 Å². The number of carboxylic acid groups (broad SMARTS) is 1. The van der Waals surface area contributed by atoms with Crippen LogP contribution in [0.3, 0.4) is 0 Å². The molecule has 0 aromatic carbocycles. The zero-order valence-corrected chi connectivity index (χ0v) is 9.49. The first kappa shape index (κ1) is 14.1. The van der Waals surface area contributed by atoms with Crippen LogP contribution in [0.4, 0.5) is 0 Å². The molecule has 0 aliphatic rings. The van der Waals surface area contributed by atoms with Gasteiger partial charge in [0.15, 0.2) is 0 Å². The molecule has 0 aliphatic carbocycles. The number of aliphatic hydroxyl groups excluding tert-OH is 1. The number of nitrogens with one attached hydrogen (secondary N) is 1. The van der Waals surface area contributed by atoms with Gasteiger partial charge in [-0.15, -0.1) is 0 Å². The Bertz CT molecular complexity index is 214. The molecule has 0 aromatic rings. The standard InChI is InChI=1S/C11H21NO3/c1-3-5-10(13)8-12-7-6-9(4-2)11(14)15/h6,10,12-13H,3-5,7-8H2,1-2H3,(H,14,15)/b9-6-. The number of rotatable bonds is 8. The van der Waals surface area contributed by atoms with Gasteiger partial charge in [-0.3, -0.25) is 0 Å². The van der Waals surface area contributed by atoms with E-state index in [-0.39, 0.29) is 6.10 Å². The predicted molar refractivity (Wildman–Crippen MR) is 59.8 cm³/mol. The minimum Gasteiger partial charge on any atom is -0.478 e. The smallest absolute Gasteiger partial charge is 0.331 e. The van der Waals surface area contributed by atoms with Gasteiger partial charge in [-0.25, -0.2) is 4.79 Å². The molecule has 0 radical (unpaired) electrons. The first-order chi connectivity index (χ1) is 7.11. The SMILES string of the molecule is CCCC(O)CNC/C=C(/CC)C(=O)O. The molecule has 3 N–H and O–H groups in total. The molecule has 0 aliphatic heterocycles. The largest absolute Gasteiger partial charge is 0.478 e. The molecule has 0 fully saturated rings. The highest BCUT2D eigenvalue weighted by Gasteiger charge is 2.03. The highest BCUT2D eigenvalue weighted by molar-refractivity contribution is 5.86. The predicted octanol–water partition coefficient (Wildman–Crippen LogP) is 1.16. The second-order valence-electron chi connectivity index (χ2n) is 3.49. The van der Waals surface area contributed by atoms with Crippen molar-refractivity contribution in [2.45, 2.75) is 39.2 Å². The van der Waals surface area contributed by atoms with Crippen molar-refractivity contribution >= 4 is 5.97 Å². The fourth-order valence-electron chi connectivity index (χ4n) is 1.26. The van der Waals surface area contributed by atoms with Crippen molar-refractivity contribution < 1.29 is 15.0 Å². The summed E-state index contributed by atoms with van der Waals surface area (Å²) in [5, 5.41) is 21.1. The van der Waals surface area contributed by atoms with Crippen molar-refractivity contribution in [2.75, 3.05) is 13.1 Å². The zero-order chi connectivity index (χ0) is 11.7. The summed E-state index contributed by atoms with van der Waals surface area (Å²) in [6.07, 6.45) is 3.57. The number of aliphatic hydroxyl groups is 1. The van der Waals surface area contributed by atoms with Crippen molar-refractivity contribution in [3.05, 3.63) is 11.6 Å². The van der Waals surface area contributed by atoms with Crippen LogP contribution in [-0.4, -0.2) is 35.4 Å². The maximum absolute atomic E-state index is 10.6. The lowest BCUT2D eigenvalue weighted by molar-refractivity contribution is -0.132. The number of aliphatic carboxylic acids is 1. The quantitative estimate of drug-likeness (QED) is 0.420. The van der Waals surface area contributed by atoms with Crippen molar-refractivity contribution in [3.8, 4) is 0 Å². The maximum atomic E-state index is 10.6. The Morgan fingerprint density at radius 3 is 2.60 bits per heavy atom. The molecular formula is C11H21NO3. The molecule has 0 bridgehead atoms. The summed E-state index contributed by atoms with van der Waals surface area (Å²) < 4.78 is 0. The second kappa shape index (κ2) is 8.44. The molecule has 0 saturated carbocycles. The summed E-state index contributed by atoms with van der Waals surface area (Å²) in [6, 6.07) is 0. The van der Waals surface area contributed by atoms with Gasteiger partial charge in [0.25, 0.3) is 0 Å². The first-order valence-electron chi connectivity index (χ1n) is 5.42. The first-order valence-corrected chi connectivity index (χ1v) is 5.42. The molecule has 0 aromatic heterocycles. The zero-order valence-electron chi connectivity index (χ0n) is 9.49. The molecule has 0 amide bonds. The van der Waals surface area contributed by atoms with E-state index in [4.69, 9.17) is 5.11 Å². The van der Waals surface area contributed by atoms with E-state index in [1.165, 1.54) is 0 Å². The van der Waals surface area contributed by atoms with E-state index < -0.39 is 5.97 Å². The normalized spacial score (nSPS) is 13.9. The van der Waals surface area contributed by atoms with Crippen LogP contribution < -0.4 is 5.32 Å². The molecule has 15 heavy (non-hydrogen) atoms. The van der Waals surface area contributed by atoms with E-state index >= 15 is 0 Å². The van der Waals surface area contributed by atoms with Crippen LogP contribution in [0.25, 0.3) is 0 Å². The Morgan fingerprint density at radius 1 is 1.47 bits per heavy atom. The minimum atomic E-state index is -0.867. The molecular weight excluding hydrogens is 194 g/mol. The van der Waals surface area contributed by atoms with Gasteiger partial charge in [0.05, 0.1) is 6.10 Å². The van der Waals surface area contributed by atoms with Gasteiger partial charge in [-0.05, 0) is 12.8 Å². The number of hydrogen-bond acceptors (Lipinski definition) is 3. The summed E-state index contributed by atoms with van der Waals surface area (Å²) in [6.45, 7) is 4.84. The summed E-state index contributed by atoms with van der Waals surface area (Å²) in [7, 11) is 0. The van der Waals surface area contributed by atoms with Crippen LogP contribution in [0.15, 0.2) is 11.6 Å². The molecule has 1 atom stereocenters. The average molecular weight is 215 g/mol. The van der Waals surface area contributed by atoms with Gasteiger partial charge in [-0.1, -0.05) is 26.3 Å². The minimum absolute atomic E-state index is 0.335. The molecule has 88 valence electrons. The van der Waals surface area contributed by atoms with Gasteiger partial charge in [0, 0.05) is 18.7 Å². The maximum Gasteiger partial charge on any atom is 0.331 e. The van der Waals surface area contributed by atoms with Crippen LogP contribution in [0.1, 0.15) is 33.1 Å². The second-order valence-corrected chi connectivity index (χ2v) is 3.49. The van der Waals surface area contributed by atoms with Gasteiger partial charge < -0.3 is 15.5 Å². The summed E-state index contributed by atoms with van der Waals surface area (Å²) in [5.41, 5.74) is 0.410. The molecule has 4 nitrogen and oxygen atoms in total. The summed E-state index contributed by atoms with van der Waals surface area (Å²) >= 11 is 0. The van der Waals surface area contributed by atoms with Crippen LogP contribution >= 0.6 is 0 Å². The lowest BCUT2D eigenvalue weighted by Crippen LogP contribution is -2.27. The average Bonchev–Trinajstić information content (AvgIpc) is 2.17. The number of carboxylic acids is 1. The molecule has 1 unspecified atom stereocenters. The number of carbonyl (C=O) groups is 1. The lowest BCUT2D eigenvalue weighted by Gasteiger charge is -2.09. The Kier molecular flexibility index (Phi) is 7.95. The Balaban J connectivity index is 3.72. The molecule has 0 rings (SSSR count). The van der Waals surface area contributed by atoms with E-state index in [2.05, 4.69) is 5.32 Å². The third-order valence-corrected chi connectivity index (χ3v) is 2.15. The van der Waals surface area contributed by atoms with Crippen molar-refractivity contribution in [1.29, 1.82) is 0 Å². The summed E-state index contributed by atoms with van der Waals surface area (Å²) in [5.74, 6) is -0.867. The fourth-order valence-corrected chi connectivity index (χ4v) is 1.26. The lowest BCUT2D eigenvalue weighted by atomic mass is 10.2.